The van der Waals surface area contributed by atoms with Crippen LogP contribution in [0.3, 0.4) is 0 Å². The Kier molecular flexibility index (Phi) is 6.54. The highest BCUT2D eigenvalue weighted by Crippen LogP contribution is 2.38. The Hall–Kier alpha value is -2.50. The summed E-state index contributed by atoms with van der Waals surface area (Å²) in [6.45, 7) is 0.120. The van der Waals surface area contributed by atoms with E-state index in [0.717, 1.165) is 11.1 Å². The van der Waals surface area contributed by atoms with Crippen LogP contribution in [-0.4, -0.2) is 49.4 Å². The number of hydrogen-bond donors (Lipinski definition) is 1. The van der Waals surface area contributed by atoms with Gasteiger partial charge in [0.2, 0.25) is 0 Å². The van der Waals surface area contributed by atoms with Gasteiger partial charge in [-0.1, -0.05) is 65.8 Å². The molecule has 2 aromatic carbocycles. The molecule has 164 valence electrons. The molecule has 2 saturated heterocycles. The van der Waals surface area contributed by atoms with Crippen molar-refractivity contribution in [2.75, 3.05) is 6.61 Å². The summed E-state index contributed by atoms with van der Waals surface area (Å²) in [4.78, 5) is 2.66. The van der Waals surface area contributed by atoms with Crippen LogP contribution in [0.15, 0.2) is 65.8 Å². The van der Waals surface area contributed by atoms with E-state index < -0.39 is 46.2 Å². The van der Waals surface area contributed by atoms with E-state index in [1.54, 1.807) is 0 Å². The molecule has 2 aromatic rings. The molecule has 2 heterocycles. The van der Waals surface area contributed by atoms with Crippen molar-refractivity contribution in [1.29, 1.82) is 0 Å². The molecule has 31 heavy (non-hydrogen) atoms. The second-order valence-electron chi connectivity index (χ2n) is 7.19. The molecular formula is C20H21N3O7S. The number of hydrogen-bond acceptors (Lipinski definition) is 7. The van der Waals surface area contributed by atoms with Crippen LogP contribution in [0.25, 0.3) is 10.4 Å². The van der Waals surface area contributed by atoms with Crippen molar-refractivity contribution in [1.82, 2.24) is 0 Å². The fourth-order valence-electron chi connectivity index (χ4n) is 3.76. The first-order valence-corrected chi connectivity index (χ1v) is 11.1. The van der Waals surface area contributed by atoms with E-state index in [9.17, 15) is 13.0 Å². The molecule has 2 fully saturated rings. The highest BCUT2D eigenvalue weighted by atomic mass is 32.2. The maximum atomic E-state index is 12.2. The summed E-state index contributed by atoms with van der Waals surface area (Å²) < 4.78 is 57.8. The number of fused-ring (bicyclic) bond motifs is 1. The molecule has 0 unspecified atom stereocenters. The van der Waals surface area contributed by atoms with Gasteiger partial charge in [-0.15, -0.1) is 0 Å². The van der Waals surface area contributed by atoms with Gasteiger partial charge >= 0.3 is 0 Å². The summed E-state index contributed by atoms with van der Waals surface area (Å²) in [6.07, 6.45) is -5.08. The highest BCUT2D eigenvalue weighted by molar-refractivity contribution is 7.86. The number of benzene rings is 2. The molecule has 0 bridgehead atoms. The van der Waals surface area contributed by atoms with Crippen LogP contribution in [0.4, 0.5) is 0 Å². The average molecular weight is 447 g/mol. The fourth-order valence-corrected chi connectivity index (χ4v) is 4.75. The zero-order valence-corrected chi connectivity index (χ0v) is 17.1. The van der Waals surface area contributed by atoms with E-state index in [2.05, 4.69) is 10.0 Å². The van der Waals surface area contributed by atoms with Crippen LogP contribution in [0.2, 0.25) is 0 Å². The molecule has 2 aliphatic heterocycles. The topological polar surface area (TPSA) is 140 Å². The summed E-state index contributed by atoms with van der Waals surface area (Å²) in [7, 11) is -4.72. The van der Waals surface area contributed by atoms with E-state index in [0.29, 0.717) is 0 Å². The van der Waals surface area contributed by atoms with Gasteiger partial charge in [0.05, 0.1) is 13.2 Å². The molecule has 4 rings (SSSR count). The lowest BCUT2D eigenvalue weighted by Gasteiger charge is -2.47. The molecule has 11 heteroatoms. The molecule has 0 aliphatic carbocycles. The van der Waals surface area contributed by atoms with Gasteiger partial charge < -0.3 is 18.9 Å². The first kappa shape index (κ1) is 21.7. The Morgan fingerprint density at radius 2 is 1.77 bits per heavy atom. The second kappa shape index (κ2) is 9.33. The maximum Gasteiger partial charge on any atom is 0.273 e. The van der Waals surface area contributed by atoms with Gasteiger partial charge in [0.15, 0.2) is 12.5 Å². The predicted molar refractivity (Wildman–Crippen MR) is 108 cm³/mol. The van der Waals surface area contributed by atoms with Crippen LogP contribution in [0.1, 0.15) is 17.4 Å². The first-order valence-electron chi connectivity index (χ1n) is 9.61. The molecule has 0 radical (unpaired) electrons. The van der Waals surface area contributed by atoms with Gasteiger partial charge in [-0.2, -0.15) is 8.42 Å². The summed E-state index contributed by atoms with van der Waals surface area (Å²) in [5.74, 6) is 0. The quantitative estimate of drug-likeness (QED) is 0.311. The van der Waals surface area contributed by atoms with E-state index in [4.69, 9.17) is 24.5 Å². The van der Waals surface area contributed by atoms with Gasteiger partial charge in [0, 0.05) is 10.5 Å². The van der Waals surface area contributed by atoms with Crippen LogP contribution < -0.4 is 0 Å². The number of rotatable bonds is 6. The smallest absolute Gasteiger partial charge is 0.273 e. The Morgan fingerprint density at radius 3 is 2.42 bits per heavy atom. The summed E-state index contributed by atoms with van der Waals surface area (Å²) in [6, 6.07) is 18.3. The van der Waals surface area contributed by atoms with E-state index in [-0.39, 0.29) is 13.2 Å². The summed E-state index contributed by atoms with van der Waals surface area (Å²) >= 11 is 0. The lowest BCUT2D eigenvalue weighted by Crippen LogP contribution is -2.63. The van der Waals surface area contributed by atoms with Crippen molar-refractivity contribution in [2.45, 2.75) is 42.7 Å². The van der Waals surface area contributed by atoms with Crippen molar-refractivity contribution in [3.63, 3.8) is 0 Å². The molecular weight excluding hydrogens is 426 g/mol. The fraction of sp³-hybridized carbons (Fsp3) is 0.400. The van der Waals surface area contributed by atoms with E-state index in [1.807, 2.05) is 60.7 Å². The Morgan fingerprint density at radius 1 is 1.10 bits per heavy atom. The zero-order valence-electron chi connectivity index (χ0n) is 16.3. The molecule has 0 saturated carbocycles. The van der Waals surface area contributed by atoms with Crippen molar-refractivity contribution >= 4 is 10.1 Å². The van der Waals surface area contributed by atoms with Crippen LogP contribution >= 0.6 is 0 Å². The molecule has 6 atom stereocenters. The second-order valence-corrected chi connectivity index (χ2v) is 8.76. The lowest BCUT2D eigenvalue weighted by molar-refractivity contribution is -0.313. The first-order chi connectivity index (χ1) is 15.0. The number of ether oxygens (including phenoxy) is 4. The zero-order chi connectivity index (χ0) is 21.8. The normalized spacial score (nSPS) is 30.7. The summed E-state index contributed by atoms with van der Waals surface area (Å²) in [5, 5.41) is 1.77. The molecule has 10 nitrogen and oxygen atoms in total. The number of nitrogens with zero attached hydrogens (tertiary/aromatic N) is 3. The van der Waals surface area contributed by atoms with Crippen molar-refractivity contribution < 1.29 is 31.9 Å². The van der Waals surface area contributed by atoms with Gasteiger partial charge in [-0.25, -0.2) is 0 Å². The van der Waals surface area contributed by atoms with E-state index >= 15 is 0 Å². The molecule has 0 spiro atoms. The van der Waals surface area contributed by atoms with Crippen molar-refractivity contribution in [2.24, 2.45) is 5.11 Å². The lowest BCUT2D eigenvalue weighted by atomic mass is 9.98. The average Bonchev–Trinajstić information content (AvgIpc) is 2.77. The van der Waals surface area contributed by atoms with Gasteiger partial charge in [0.1, 0.15) is 23.6 Å². The van der Waals surface area contributed by atoms with Gasteiger partial charge in [0.25, 0.3) is 10.1 Å². The monoisotopic (exact) mass is 447 g/mol. The third-order valence-corrected chi connectivity index (χ3v) is 6.36. The van der Waals surface area contributed by atoms with Crippen molar-refractivity contribution in [3.8, 4) is 0 Å². The Balaban J connectivity index is 1.66. The highest BCUT2D eigenvalue weighted by Gasteiger charge is 2.55. The predicted octanol–water partition coefficient (Wildman–Crippen LogP) is 2.98. The minimum atomic E-state index is -4.72. The van der Waals surface area contributed by atoms with Crippen LogP contribution in [0, 0.1) is 0 Å². The Labute approximate surface area is 179 Å². The largest absolute Gasteiger partial charge is 0.369 e. The SMILES string of the molecule is [N-]=[N+]=N[C@H]1O[C@@H]2CO[C@@H](c3ccccc3)O[C@H]2[C@H](OCc2ccccc2)[C@@H]1S(=O)(=O)O. The molecule has 0 aromatic heterocycles. The summed E-state index contributed by atoms with van der Waals surface area (Å²) in [5.41, 5.74) is 10.4. The minimum absolute atomic E-state index is 0.0595. The standard InChI is InChI=1S/C20H21N3O7S/c21-23-22-19-18(31(24,25)26)17(27-11-13-7-3-1-4-8-13)16-15(29-19)12-28-20(30-16)14-9-5-2-6-10-14/h1-10,15-20H,11-12H2,(H,24,25,26)/t15-,16-,17+,18+,19+,20-/m1/s1. The number of azide groups is 1. The maximum absolute atomic E-state index is 12.2. The molecule has 2 aliphatic rings. The van der Waals surface area contributed by atoms with E-state index in [1.165, 1.54) is 0 Å². The molecule has 1 N–H and O–H groups in total. The Bertz CT molecular complexity index is 1030. The van der Waals surface area contributed by atoms with Crippen LogP contribution in [-0.2, 0) is 35.7 Å². The third kappa shape index (κ3) is 4.89. The third-order valence-electron chi connectivity index (χ3n) is 5.17. The van der Waals surface area contributed by atoms with Crippen LogP contribution in [0.5, 0.6) is 0 Å². The van der Waals surface area contributed by atoms with Crippen molar-refractivity contribution in [3.05, 3.63) is 82.2 Å². The minimum Gasteiger partial charge on any atom is -0.369 e. The van der Waals surface area contributed by atoms with Gasteiger partial charge in [-0.3, -0.25) is 4.55 Å². The van der Waals surface area contributed by atoms with Gasteiger partial charge in [-0.05, 0) is 11.1 Å². The molecule has 0 amide bonds.